The second kappa shape index (κ2) is 6.03. The van der Waals surface area contributed by atoms with Crippen LogP contribution in [0.3, 0.4) is 0 Å². The number of halogens is 1. The second-order valence-electron chi connectivity index (χ2n) is 1.97. The van der Waals surface area contributed by atoms with Gasteiger partial charge in [0.05, 0.1) is 6.61 Å². The van der Waals surface area contributed by atoms with Crippen molar-refractivity contribution in [3.63, 3.8) is 0 Å². The Morgan fingerprint density at radius 1 is 1.42 bits per heavy atom. The van der Waals surface area contributed by atoms with Gasteiger partial charge in [-0.2, -0.15) is 0 Å². The van der Waals surface area contributed by atoms with Gasteiger partial charge < -0.3 is 10.8 Å². The Morgan fingerprint density at radius 2 is 2.00 bits per heavy atom. The normalized spacial score (nSPS) is 8.67. The van der Waals surface area contributed by atoms with Crippen LogP contribution in [0, 0.1) is 0 Å². The van der Waals surface area contributed by atoms with Crippen molar-refractivity contribution in [3.8, 4) is 0 Å². The molecule has 2 nitrogen and oxygen atoms in total. The lowest BCUT2D eigenvalue weighted by Gasteiger charge is -2.02. The van der Waals surface area contributed by atoms with E-state index >= 15 is 0 Å². The smallest absolute Gasteiger partial charge is 0.0713 e. The Labute approximate surface area is 81.5 Å². The van der Waals surface area contributed by atoms with Crippen LogP contribution in [0.4, 0.5) is 5.69 Å². The third-order valence-corrected chi connectivity index (χ3v) is 2.06. The maximum absolute atomic E-state index is 8.79. The minimum absolute atomic E-state index is 0.0206. The number of hydrogen-bond acceptors (Lipinski definition) is 2. The third kappa shape index (κ3) is 2.83. The highest BCUT2D eigenvalue weighted by molar-refractivity contribution is 9.10. The number of nitrogen functional groups attached to an aromatic ring is 1. The van der Waals surface area contributed by atoms with Gasteiger partial charge in [0.25, 0.3) is 0 Å². The zero-order valence-corrected chi connectivity index (χ0v) is 8.93. The average Bonchev–Trinajstić information content (AvgIpc) is 2.08. The van der Waals surface area contributed by atoms with Crippen LogP contribution in [-0.2, 0) is 6.61 Å². The van der Waals surface area contributed by atoms with E-state index in [9.17, 15) is 0 Å². The van der Waals surface area contributed by atoms with Gasteiger partial charge >= 0.3 is 0 Å². The van der Waals surface area contributed by atoms with E-state index < -0.39 is 0 Å². The molecule has 0 amide bonds. The Kier molecular flexibility index (Phi) is 5.76. The molecule has 0 atom stereocenters. The molecule has 0 aromatic heterocycles. The van der Waals surface area contributed by atoms with Crippen molar-refractivity contribution in [2.24, 2.45) is 0 Å². The largest absolute Gasteiger partial charge is 0.398 e. The maximum atomic E-state index is 8.79. The van der Waals surface area contributed by atoms with Crippen LogP contribution in [-0.4, -0.2) is 5.11 Å². The molecular weight excluding hydrogens is 218 g/mol. The van der Waals surface area contributed by atoms with E-state index in [0.29, 0.717) is 5.69 Å². The monoisotopic (exact) mass is 231 g/mol. The first-order valence-electron chi connectivity index (χ1n) is 3.89. The molecule has 12 heavy (non-hydrogen) atoms. The predicted octanol–water partition coefficient (Wildman–Crippen LogP) is 2.55. The fraction of sp³-hybridized carbons (Fsp3) is 0.333. The van der Waals surface area contributed by atoms with Gasteiger partial charge in [0.15, 0.2) is 0 Å². The first-order chi connectivity index (χ1) is 5.75. The van der Waals surface area contributed by atoms with Crippen molar-refractivity contribution >= 4 is 21.6 Å². The van der Waals surface area contributed by atoms with E-state index in [1.165, 1.54) is 0 Å². The minimum Gasteiger partial charge on any atom is -0.398 e. The van der Waals surface area contributed by atoms with E-state index in [2.05, 4.69) is 15.9 Å². The number of nitrogens with two attached hydrogens (primary N) is 1. The number of aliphatic hydroxyl groups is 1. The highest BCUT2D eigenvalue weighted by Gasteiger charge is 1.99. The molecule has 3 N–H and O–H groups in total. The Balaban J connectivity index is 0.000000561. The fourth-order valence-corrected chi connectivity index (χ4v) is 1.25. The van der Waals surface area contributed by atoms with Crippen molar-refractivity contribution in [2.45, 2.75) is 20.5 Å². The molecule has 0 spiro atoms. The summed E-state index contributed by atoms with van der Waals surface area (Å²) < 4.78 is 0.856. The van der Waals surface area contributed by atoms with E-state index in [1.54, 1.807) is 6.07 Å². The van der Waals surface area contributed by atoms with Crippen molar-refractivity contribution in [1.82, 2.24) is 0 Å². The van der Waals surface area contributed by atoms with Gasteiger partial charge in [-0.3, -0.25) is 0 Å². The average molecular weight is 232 g/mol. The number of benzene rings is 1. The van der Waals surface area contributed by atoms with Gasteiger partial charge in [0.1, 0.15) is 0 Å². The number of hydrogen-bond donors (Lipinski definition) is 2. The summed E-state index contributed by atoms with van der Waals surface area (Å²) >= 11 is 3.27. The molecule has 1 rings (SSSR count). The summed E-state index contributed by atoms with van der Waals surface area (Å²) in [6, 6.07) is 5.44. The molecule has 0 aliphatic rings. The van der Waals surface area contributed by atoms with Crippen LogP contribution in [0.25, 0.3) is 0 Å². The lowest BCUT2D eigenvalue weighted by molar-refractivity contribution is 0.282. The standard InChI is InChI=1S/C7H8BrNO.C2H6/c8-6-2-1-3-7(9)5(6)4-10;1-2/h1-3,10H,4,9H2;1-2H3. The Bertz CT molecular complexity index is 218. The van der Waals surface area contributed by atoms with Crippen LogP contribution in [0.1, 0.15) is 19.4 Å². The maximum Gasteiger partial charge on any atom is 0.0713 e. The van der Waals surface area contributed by atoms with E-state index in [4.69, 9.17) is 10.8 Å². The Hall–Kier alpha value is -0.540. The van der Waals surface area contributed by atoms with Gasteiger partial charge in [0.2, 0.25) is 0 Å². The molecule has 1 aromatic carbocycles. The molecule has 68 valence electrons. The summed E-state index contributed by atoms with van der Waals surface area (Å²) in [7, 11) is 0. The molecule has 0 fully saturated rings. The Morgan fingerprint density at radius 3 is 2.33 bits per heavy atom. The topological polar surface area (TPSA) is 46.2 Å². The zero-order chi connectivity index (χ0) is 9.56. The van der Waals surface area contributed by atoms with E-state index in [1.807, 2.05) is 26.0 Å². The number of anilines is 1. The summed E-state index contributed by atoms with van der Waals surface area (Å²) in [5, 5.41) is 8.79. The lowest BCUT2D eigenvalue weighted by atomic mass is 10.2. The highest BCUT2D eigenvalue weighted by atomic mass is 79.9. The van der Waals surface area contributed by atoms with Crippen LogP contribution in [0.5, 0.6) is 0 Å². The molecule has 0 unspecified atom stereocenters. The van der Waals surface area contributed by atoms with Gasteiger partial charge in [-0.15, -0.1) is 0 Å². The molecule has 3 heteroatoms. The quantitative estimate of drug-likeness (QED) is 0.731. The first kappa shape index (κ1) is 11.5. The number of aliphatic hydroxyl groups excluding tert-OH is 1. The molecule has 0 heterocycles. The molecule has 0 saturated carbocycles. The SMILES string of the molecule is CC.Nc1cccc(Br)c1CO. The summed E-state index contributed by atoms with van der Waals surface area (Å²) in [5.41, 5.74) is 6.92. The zero-order valence-electron chi connectivity index (χ0n) is 7.34. The van der Waals surface area contributed by atoms with Gasteiger partial charge in [-0.05, 0) is 12.1 Å². The van der Waals surface area contributed by atoms with Gasteiger partial charge in [0, 0.05) is 15.7 Å². The second-order valence-corrected chi connectivity index (χ2v) is 2.82. The molecule has 0 aliphatic carbocycles. The minimum atomic E-state index is -0.0206. The van der Waals surface area contributed by atoms with Crippen molar-refractivity contribution in [1.29, 1.82) is 0 Å². The first-order valence-corrected chi connectivity index (χ1v) is 4.68. The third-order valence-electron chi connectivity index (χ3n) is 1.31. The molecule has 0 aliphatic heterocycles. The van der Waals surface area contributed by atoms with Crippen LogP contribution >= 0.6 is 15.9 Å². The van der Waals surface area contributed by atoms with Crippen molar-refractivity contribution < 1.29 is 5.11 Å². The summed E-state index contributed by atoms with van der Waals surface area (Å²) in [6.07, 6.45) is 0. The van der Waals surface area contributed by atoms with E-state index in [-0.39, 0.29) is 6.61 Å². The molecule has 0 radical (unpaired) electrons. The fourth-order valence-electron chi connectivity index (χ4n) is 0.742. The van der Waals surface area contributed by atoms with Crippen LogP contribution in [0.15, 0.2) is 22.7 Å². The summed E-state index contributed by atoms with van der Waals surface area (Å²) in [4.78, 5) is 0. The molecule has 1 aromatic rings. The predicted molar refractivity (Wildman–Crippen MR) is 55.8 cm³/mol. The summed E-state index contributed by atoms with van der Waals surface area (Å²) in [5.74, 6) is 0. The van der Waals surface area contributed by atoms with Crippen LogP contribution in [0.2, 0.25) is 0 Å². The lowest BCUT2D eigenvalue weighted by Crippen LogP contribution is -1.94. The molecular formula is C9H14BrNO. The van der Waals surface area contributed by atoms with Gasteiger partial charge in [-0.1, -0.05) is 35.8 Å². The van der Waals surface area contributed by atoms with Crippen LogP contribution < -0.4 is 5.73 Å². The van der Waals surface area contributed by atoms with Crippen molar-refractivity contribution in [3.05, 3.63) is 28.2 Å². The van der Waals surface area contributed by atoms with Crippen molar-refractivity contribution in [2.75, 3.05) is 5.73 Å². The molecule has 0 bridgehead atoms. The number of rotatable bonds is 1. The summed E-state index contributed by atoms with van der Waals surface area (Å²) in [6.45, 7) is 3.98. The molecule has 0 saturated heterocycles. The van der Waals surface area contributed by atoms with E-state index in [0.717, 1.165) is 10.0 Å². The van der Waals surface area contributed by atoms with Gasteiger partial charge in [-0.25, -0.2) is 0 Å². The highest BCUT2D eigenvalue weighted by Crippen LogP contribution is 2.21.